The Labute approximate surface area is 182 Å². The molecule has 5 rings (SSSR count). The monoisotopic (exact) mass is 379 g/mol. The van der Waals surface area contributed by atoms with Crippen LogP contribution in [0.5, 0.6) is 11.5 Å². The summed E-state index contributed by atoms with van der Waals surface area (Å²) in [6.45, 7) is 1.09. The Kier molecular flexibility index (Phi) is 5.14. The molecule has 1 saturated carbocycles. The summed E-state index contributed by atoms with van der Waals surface area (Å²) < 4.78 is 11.9. The van der Waals surface area contributed by atoms with Crippen molar-refractivity contribution in [2.75, 3.05) is 20.7 Å². The molecule has 2 bridgehead atoms. The van der Waals surface area contributed by atoms with Gasteiger partial charge in [-0.2, -0.15) is 0 Å². The third-order valence-electron chi connectivity index (χ3n) is 6.77. The summed E-state index contributed by atoms with van der Waals surface area (Å²) in [6.07, 6.45) is 3.69. The first-order valence-corrected chi connectivity index (χ1v) is 8.42. The number of hydrogen-bond acceptors (Lipinski definition) is 4. The molecule has 0 aromatic heterocycles. The molecule has 4 nitrogen and oxygen atoms in total. The Hall–Kier alpha value is 0.290. The van der Waals surface area contributed by atoms with Crippen molar-refractivity contribution in [3.63, 3.8) is 0 Å². The Morgan fingerprint density at radius 2 is 2.17 bits per heavy atom. The molecule has 1 spiro atoms. The maximum Gasteiger partial charge on any atom is 2.00 e. The molecule has 1 saturated heterocycles. The van der Waals surface area contributed by atoms with Crippen LogP contribution in [0, 0.1) is 5.92 Å². The van der Waals surface area contributed by atoms with E-state index >= 15 is 0 Å². The van der Waals surface area contributed by atoms with Gasteiger partial charge in [0.1, 0.15) is 6.10 Å². The minimum atomic E-state index is -0.358. The molecule has 6 heteroatoms. The summed E-state index contributed by atoms with van der Waals surface area (Å²) >= 11 is 0. The number of piperidine rings is 1. The molecular weight excluding hydrogens is 354 g/mol. The van der Waals surface area contributed by atoms with Gasteiger partial charge in [0.2, 0.25) is 0 Å². The molecule has 1 N–H and O–H groups in total. The zero-order chi connectivity index (χ0) is 15.1. The van der Waals surface area contributed by atoms with E-state index in [4.69, 9.17) is 9.47 Å². The van der Waals surface area contributed by atoms with Crippen LogP contribution in [0.3, 0.4) is 0 Å². The van der Waals surface area contributed by atoms with E-state index in [1.807, 2.05) is 6.07 Å². The van der Waals surface area contributed by atoms with Crippen LogP contribution in [-0.2, 0) is 11.8 Å². The van der Waals surface area contributed by atoms with Gasteiger partial charge in [-0.05, 0) is 56.8 Å². The van der Waals surface area contributed by atoms with Gasteiger partial charge in [-0.15, -0.1) is 12.4 Å². The predicted octanol–water partition coefficient (Wildman–Crippen LogP) is 1.99. The molecule has 24 heavy (non-hydrogen) atoms. The molecule has 130 valence electrons. The smallest absolute Gasteiger partial charge is 1.00 e. The number of likely N-dealkylation sites (N-methyl/N-ethyl adjacent to an activating group) is 1. The van der Waals surface area contributed by atoms with Crippen molar-refractivity contribution in [3.8, 4) is 11.5 Å². The minimum absolute atomic E-state index is 0. The van der Waals surface area contributed by atoms with E-state index in [9.17, 15) is 5.11 Å². The van der Waals surface area contributed by atoms with Crippen LogP contribution in [0.25, 0.3) is 0 Å². The number of rotatable bonds is 1. The van der Waals surface area contributed by atoms with Gasteiger partial charge in [-0.3, -0.25) is 0 Å². The second-order valence-electron chi connectivity index (χ2n) is 7.46. The second kappa shape index (κ2) is 6.47. The molecule has 1 aromatic carbocycles. The Morgan fingerprint density at radius 1 is 1.38 bits per heavy atom. The Balaban J connectivity index is 0.000000845. The van der Waals surface area contributed by atoms with Gasteiger partial charge in [0, 0.05) is 17.0 Å². The van der Waals surface area contributed by atoms with Gasteiger partial charge in [-0.1, -0.05) is 6.07 Å². The first-order chi connectivity index (χ1) is 10.7. The summed E-state index contributed by atoms with van der Waals surface area (Å²) in [5.74, 6) is 2.34. The molecule has 5 atom stereocenters. The molecule has 2 fully saturated rings. The number of aliphatic hydroxyl groups is 1. The maximum atomic E-state index is 10.6. The van der Waals surface area contributed by atoms with Gasteiger partial charge in [0.05, 0.1) is 13.2 Å². The first kappa shape index (κ1) is 19.1. The number of methoxy groups -OCH3 is 1. The van der Waals surface area contributed by atoms with Crippen LogP contribution < -0.4 is 9.47 Å². The molecule has 1 aromatic rings. The molecule has 0 radical (unpaired) electrons. The fourth-order valence-electron chi connectivity index (χ4n) is 5.86. The molecule has 2 aliphatic carbocycles. The number of benzene rings is 1. The van der Waals surface area contributed by atoms with E-state index in [-0.39, 0.29) is 70.6 Å². The molecular formula is C18H26CaClNO3. The van der Waals surface area contributed by atoms with Crippen molar-refractivity contribution < 1.29 is 17.4 Å². The van der Waals surface area contributed by atoms with Crippen LogP contribution in [0.15, 0.2) is 12.1 Å². The second-order valence-corrected chi connectivity index (χ2v) is 7.46. The summed E-state index contributed by atoms with van der Waals surface area (Å²) in [6, 6.07) is 4.83. The molecule has 2 aliphatic heterocycles. The summed E-state index contributed by atoms with van der Waals surface area (Å²) in [5.41, 5.74) is 2.77. The van der Waals surface area contributed by atoms with E-state index in [1.54, 1.807) is 7.11 Å². The third-order valence-corrected chi connectivity index (χ3v) is 6.77. The average Bonchev–Trinajstić information content (AvgIpc) is 2.88. The average molecular weight is 380 g/mol. The number of hydrogen-bond donors (Lipinski definition) is 1. The van der Waals surface area contributed by atoms with Gasteiger partial charge in [-0.25, -0.2) is 0 Å². The fraction of sp³-hybridized carbons (Fsp3) is 0.667. The van der Waals surface area contributed by atoms with E-state index in [0.717, 1.165) is 43.7 Å². The van der Waals surface area contributed by atoms with Gasteiger partial charge >= 0.3 is 37.7 Å². The van der Waals surface area contributed by atoms with E-state index in [2.05, 4.69) is 18.0 Å². The fourth-order valence-corrected chi connectivity index (χ4v) is 5.86. The molecule has 4 aliphatic rings. The first-order valence-electron chi connectivity index (χ1n) is 8.42. The standard InChI is InChI=1S/C18H23NO3.Ca.ClH.2H/c1-19-8-7-18-11-4-5-13(20)17(18)22-16-14(21-2)6-3-10(15(16)18)9-12(11)19;;;;/h3,6,11-13,17,20H,4-5,7-9H2,1-2H3;;1H;;/q;+2;;2*-1/t11-,12+,13-,17-,18-;;;;/m0..../s1. The van der Waals surface area contributed by atoms with E-state index in [1.165, 1.54) is 11.1 Å². The topological polar surface area (TPSA) is 41.9 Å². The number of halogens is 1. The maximum absolute atomic E-state index is 10.6. The number of ether oxygens (including phenoxy) is 2. The molecule has 0 unspecified atom stereocenters. The largest absolute Gasteiger partial charge is 2.00 e. The number of nitrogens with zero attached hydrogens (tertiary/aromatic N) is 1. The Bertz CT molecular complexity index is 668. The van der Waals surface area contributed by atoms with Gasteiger partial charge < -0.3 is 22.3 Å². The van der Waals surface area contributed by atoms with Crippen molar-refractivity contribution >= 4 is 50.1 Å². The number of aliphatic hydroxyl groups excluding tert-OH is 1. The quantitative estimate of drug-likeness (QED) is 0.758. The van der Waals surface area contributed by atoms with Crippen molar-refractivity contribution in [3.05, 3.63) is 23.3 Å². The van der Waals surface area contributed by atoms with Crippen LogP contribution in [0.1, 0.15) is 33.2 Å². The molecule has 0 amide bonds. The van der Waals surface area contributed by atoms with Crippen molar-refractivity contribution in [2.45, 2.75) is 49.3 Å². The normalized spacial score (nSPS) is 38.3. The van der Waals surface area contributed by atoms with E-state index < -0.39 is 0 Å². The summed E-state index contributed by atoms with van der Waals surface area (Å²) in [5, 5.41) is 10.6. The zero-order valence-electron chi connectivity index (χ0n) is 16.3. The molecule has 2 heterocycles. The van der Waals surface area contributed by atoms with Crippen LogP contribution in [-0.4, -0.2) is 86.7 Å². The van der Waals surface area contributed by atoms with Crippen molar-refractivity contribution in [1.82, 2.24) is 4.90 Å². The van der Waals surface area contributed by atoms with Crippen LogP contribution >= 0.6 is 12.4 Å². The number of likely N-dealkylation sites (tertiary alicyclic amines) is 1. The van der Waals surface area contributed by atoms with Crippen LogP contribution in [0.4, 0.5) is 0 Å². The summed E-state index contributed by atoms with van der Waals surface area (Å²) in [4.78, 5) is 2.52. The van der Waals surface area contributed by atoms with Crippen molar-refractivity contribution in [2.24, 2.45) is 5.92 Å². The van der Waals surface area contributed by atoms with Crippen molar-refractivity contribution in [1.29, 1.82) is 0 Å². The third kappa shape index (κ3) is 2.17. The van der Waals surface area contributed by atoms with Crippen LogP contribution in [0.2, 0.25) is 0 Å². The van der Waals surface area contributed by atoms with E-state index in [0.29, 0.717) is 12.0 Å². The SMILES string of the molecule is COc1ccc2c3c1O[C@H]1[C@@H](O)CC[C@H]4[C@@H](C2)N(C)CC[C@@]341.Cl.[Ca+2].[H-].[H-]. The van der Waals surface area contributed by atoms with Gasteiger partial charge in [0.25, 0.3) is 0 Å². The Morgan fingerprint density at radius 3 is 2.92 bits per heavy atom. The predicted molar refractivity (Wildman–Crippen MR) is 97.8 cm³/mol. The minimum Gasteiger partial charge on any atom is -1.00 e. The summed E-state index contributed by atoms with van der Waals surface area (Å²) in [7, 11) is 3.96. The zero-order valence-corrected chi connectivity index (χ0v) is 17.4. The van der Waals surface area contributed by atoms with Gasteiger partial charge in [0.15, 0.2) is 11.5 Å².